The lowest BCUT2D eigenvalue weighted by molar-refractivity contribution is 0.257. The average molecular weight is 381 g/mol. The second-order valence-electron chi connectivity index (χ2n) is 6.85. The van der Waals surface area contributed by atoms with Crippen molar-refractivity contribution in [3.05, 3.63) is 60.4 Å². The highest BCUT2D eigenvalue weighted by molar-refractivity contribution is 5.56. The smallest absolute Gasteiger partial charge is 0.321 e. The van der Waals surface area contributed by atoms with Gasteiger partial charge in [-0.05, 0) is 37.2 Å². The molecule has 146 valence electrons. The van der Waals surface area contributed by atoms with Crippen molar-refractivity contribution < 1.29 is 8.91 Å². The average Bonchev–Trinajstić information content (AvgIpc) is 3.21. The van der Waals surface area contributed by atoms with Gasteiger partial charge in [-0.3, -0.25) is 4.90 Å². The quantitative estimate of drug-likeness (QED) is 0.632. The molecule has 3 aromatic rings. The fourth-order valence-corrected chi connectivity index (χ4v) is 3.41. The number of piperazine rings is 1. The van der Waals surface area contributed by atoms with Crippen LogP contribution in [0.1, 0.15) is 6.42 Å². The highest BCUT2D eigenvalue weighted by atomic mass is 19.1. The van der Waals surface area contributed by atoms with E-state index in [0.717, 1.165) is 45.7 Å². The van der Waals surface area contributed by atoms with Crippen molar-refractivity contribution in [2.45, 2.75) is 6.42 Å². The van der Waals surface area contributed by atoms with Crippen LogP contribution in [0.25, 0.3) is 11.4 Å². The summed E-state index contributed by atoms with van der Waals surface area (Å²) in [5.74, 6) is -0.0953. The second-order valence-corrected chi connectivity index (χ2v) is 6.85. The van der Waals surface area contributed by atoms with Crippen LogP contribution in [-0.2, 0) is 0 Å². The predicted octanol–water partition coefficient (Wildman–Crippen LogP) is 3.50. The molecule has 0 radical (unpaired) electrons. The molecule has 4 rings (SSSR count). The van der Waals surface area contributed by atoms with E-state index in [9.17, 15) is 4.39 Å². The van der Waals surface area contributed by atoms with Crippen molar-refractivity contribution in [2.75, 3.05) is 49.5 Å². The monoisotopic (exact) mass is 381 g/mol. The minimum Gasteiger partial charge on any atom is -0.369 e. The van der Waals surface area contributed by atoms with Gasteiger partial charge in [0.1, 0.15) is 5.82 Å². The standard InChI is InChI=1S/C21H24FN5O/c22-19-10-5-4-9-18(19)20-24-21(28-25-20)23-11-6-12-26-13-15-27(16-14-26)17-7-2-1-3-8-17/h1-5,7-10H,6,11-16H2,(H,23,24,25). The molecule has 0 aliphatic carbocycles. The lowest BCUT2D eigenvalue weighted by atomic mass is 10.2. The number of nitrogens with one attached hydrogen (secondary N) is 1. The maximum absolute atomic E-state index is 13.8. The Morgan fingerprint density at radius 2 is 1.71 bits per heavy atom. The number of halogens is 1. The number of benzene rings is 2. The summed E-state index contributed by atoms with van der Waals surface area (Å²) in [7, 11) is 0. The fourth-order valence-electron chi connectivity index (χ4n) is 3.41. The van der Waals surface area contributed by atoms with Gasteiger partial charge in [0.15, 0.2) is 0 Å². The molecule has 1 aromatic heterocycles. The fraction of sp³-hybridized carbons (Fsp3) is 0.333. The Bertz CT molecular complexity index is 877. The van der Waals surface area contributed by atoms with Crippen molar-refractivity contribution in [3.8, 4) is 11.4 Å². The van der Waals surface area contributed by atoms with E-state index >= 15 is 0 Å². The van der Waals surface area contributed by atoms with Crippen LogP contribution in [0.2, 0.25) is 0 Å². The molecule has 2 heterocycles. The Morgan fingerprint density at radius 3 is 2.50 bits per heavy atom. The van der Waals surface area contributed by atoms with E-state index in [-0.39, 0.29) is 11.6 Å². The molecule has 1 N–H and O–H groups in total. The van der Waals surface area contributed by atoms with E-state index in [2.05, 4.69) is 55.6 Å². The summed E-state index contributed by atoms with van der Waals surface area (Å²) in [6.45, 7) is 5.97. The van der Waals surface area contributed by atoms with Gasteiger partial charge >= 0.3 is 6.01 Å². The number of anilines is 2. The highest BCUT2D eigenvalue weighted by Crippen LogP contribution is 2.20. The molecule has 0 spiro atoms. The first-order valence-electron chi connectivity index (χ1n) is 9.64. The van der Waals surface area contributed by atoms with Crippen molar-refractivity contribution in [3.63, 3.8) is 0 Å². The van der Waals surface area contributed by atoms with Crippen LogP contribution in [0.5, 0.6) is 0 Å². The number of para-hydroxylation sites is 1. The van der Waals surface area contributed by atoms with Gasteiger partial charge in [0.05, 0.1) is 5.56 Å². The Hall–Kier alpha value is -2.93. The van der Waals surface area contributed by atoms with Crippen LogP contribution in [-0.4, -0.2) is 54.3 Å². The lowest BCUT2D eigenvalue weighted by Crippen LogP contribution is -2.46. The van der Waals surface area contributed by atoms with Gasteiger partial charge in [-0.15, -0.1) is 0 Å². The summed E-state index contributed by atoms with van der Waals surface area (Å²) in [6, 6.07) is 17.3. The Balaban J connectivity index is 1.18. The maximum atomic E-state index is 13.8. The van der Waals surface area contributed by atoms with Crippen LogP contribution < -0.4 is 10.2 Å². The molecular formula is C21H24FN5O. The normalized spacial score (nSPS) is 15.0. The SMILES string of the molecule is Fc1ccccc1-c1noc(NCCCN2CCN(c3ccccc3)CC2)n1. The number of hydrogen-bond donors (Lipinski definition) is 1. The molecular weight excluding hydrogens is 357 g/mol. The summed E-state index contributed by atoms with van der Waals surface area (Å²) in [5.41, 5.74) is 1.64. The molecule has 1 fully saturated rings. The van der Waals surface area contributed by atoms with Gasteiger partial charge in [-0.2, -0.15) is 4.98 Å². The Labute approximate surface area is 164 Å². The van der Waals surface area contributed by atoms with Gasteiger partial charge < -0.3 is 14.7 Å². The van der Waals surface area contributed by atoms with Crippen LogP contribution in [0.15, 0.2) is 59.1 Å². The summed E-state index contributed by atoms with van der Waals surface area (Å²) in [5, 5.41) is 6.98. The van der Waals surface area contributed by atoms with Crippen molar-refractivity contribution in [1.29, 1.82) is 0 Å². The second kappa shape index (κ2) is 8.84. The summed E-state index contributed by atoms with van der Waals surface area (Å²) >= 11 is 0. The summed E-state index contributed by atoms with van der Waals surface area (Å²) in [4.78, 5) is 9.12. The molecule has 6 nitrogen and oxygen atoms in total. The minimum atomic E-state index is -0.357. The zero-order chi connectivity index (χ0) is 19.2. The molecule has 1 saturated heterocycles. The van der Waals surface area contributed by atoms with Gasteiger partial charge in [0.25, 0.3) is 0 Å². The maximum Gasteiger partial charge on any atom is 0.321 e. The Morgan fingerprint density at radius 1 is 0.964 bits per heavy atom. The van der Waals surface area contributed by atoms with Gasteiger partial charge in [0.2, 0.25) is 5.82 Å². The first-order valence-corrected chi connectivity index (χ1v) is 9.64. The zero-order valence-electron chi connectivity index (χ0n) is 15.7. The van der Waals surface area contributed by atoms with Crippen molar-refractivity contribution in [2.24, 2.45) is 0 Å². The highest BCUT2D eigenvalue weighted by Gasteiger charge is 2.17. The molecule has 0 saturated carbocycles. The lowest BCUT2D eigenvalue weighted by Gasteiger charge is -2.36. The first kappa shape index (κ1) is 18.4. The molecule has 1 aliphatic heterocycles. The van der Waals surface area contributed by atoms with E-state index in [0.29, 0.717) is 11.6 Å². The van der Waals surface area contributed by atoms with Crippen LogP contribution in [0.4, 0.5) is 16.1 Å². The number of hydrogen-bond acceptors (Lipinski definition) is 6. The number of aromatic nitrogens is 2. The molecule has 28 heavy (non-hydrogen) atoms. The molecule has 1 aliphatic rings. The molecule has 0 bridgehead atoms. The van der Waals surface area contributed by atoms with Gasteiger partial charge in [0, 0.05) is 38.4 Å². The third-order valence-electron chi connectivity index (χ3n) is 4.96. The Kier molecular flexibility index (Phi) is 5.82. The van der Waals surface area contributed by atoms with E-state index in [1.54, 1.807) is 18.2 Å². The molecule has 7 heteroatoms. The van der Waals surface area contributed by atoms with Crippen molar-refractivity contribution in [1.82, 2.24) is 15.0 Å². The third kappa shape index (κ3) is 4.48. The van der Waals surface area contributed by atoms with E-state index in [1.807, 2.05) is 0 Å². The predicted molar refractivity (Wildman–Crippen MR) is 108 cm³/mol. The molecule has 2 aromatic carbocycles. The van der Waals surface area contributed by atoms with E-state index in [1.165, 1.54) is 11.8 Å². The molecule has 0 amide bonds. The van der Waals surface area contributed by atoms with E-state index < -0.39 is 0 Å². The number of nitrogens with zero attached hydrogens (tertiary/aromatic N) is 4. The summed E-state index contributed by atoms with van der Waals surface area (Å²) in [6.07, 6.45) is 0.975. The zero-order valence-corrected chi connectivity index (χ0v) is 15.7. The third-order valence-corrected chi connectivity index (χ3v) is 4.96. The molecule has 0 unspecified atom stereocenters. The topological polar surface area (TPSA) is 57.4 Å². The first-order chi connectivity index (χ1) is 13.8. The van der Waals surface area contributed by atoms with Gasteiger partial charge in [-0.1, -0.05) is 35.5 Å². The van der Waals surface area contributed by atoms with Gasteiger partial charge in [-0.25, -0.2) is 4.39 Å². The van der Waals surface area contributed by atoms with E-state index in [4.69, 9.17) is 4.52 Å². The summed E-state index contributed by atoms with van der Waals surface area (Å²) < 4.78 is 19.0. The van der Waals surface area contributed by atoms with Crippen LogP contribution >= 0.6 is 0 Å². The van der Waals surface area contributed by atoms with Crippen LogP contribution in [0, 0.1) is 5.82 Å². The molecule has 0 atom stereocenters. The van der Waals surface area contributed by atoms with Crippen LogP contribution in [0.3, 0.4) is 0 Å². The van der Waals surface area contributed by atoms with Crippen molar-refractivity contribution >= 4 is 11.7 Å². The number of rotatable bonds is 7. The minimum absolute atomic E-state index is 0.262. The largest absolute Gasteiger partial charge is 0.369 e.